The van der Waals surface area contributed by atoms with Crippen molar-refractivity contribution < 1.29 is 14.8 Å². The number of carboxylic acids is 1. The summed E-state index contributed by atoms with van der Waals surface area (Å²) >= 11 is 0. The van der Waals surface area contributed by atoms with Gasteiger partial charge in [0, 0.05) is 11.3 Å². The molecule has 5 heteroatoms. The van der Waals surface area contributed by atoms with E-state index in [4.69, 9.17) is 5.11 Å². The van der Waals surface area contributed by atoms with Gasteiger partial charge in [-0.2, -0.15) is 0 Å². The van der Waals surface area contributed by atoms with Crippen molar-refractivity contribution in [3.05, 3.63) is 10.1 Å². The van der Waals surface area contributed by atoms with E-state index in [1.165, 1.54) is 6.92 Å². The van der Waals surface area contributed by atoms with Crippen LogP contribution in [0.1, 0.15) is 13.3 Å². The van der Waals surface area contributed by atoms with Gasteiger partial charge in [-0.1, -0.05) is 6.92 Å². The normalized spacial score (nSPS) is 12.6. The minimum atomic E-state index is -1.44. The molecule has 9 heavy (non-hydrogen) atoms. The second-order valence-corrected chi connectivity index (χ2v) is 1.55. The van der Waals surface area contributed by atoms with Crippen LogP contribution in [0.5, 0.6) is 0 Å². The SMILES string of the molecule is CC[C@H](C(=O)O)[N+](=O)[O-]. The molecule has 0 aliphatic carbocycles. The van der Waals surface area contributed by atoms with Gasteiger partial charge in [0.2, 0.25) is 0 Å². The zero-order chi connectivity index (χ0) is 7.44. The molecule has 5 nitrogen and oxygen atoms in total. The van der Waals surface area contributed by atoms with E-state index in [1.54, 1.807) is 0 Å². The second-order valence-electron chi connectivity index (χ2n) is 1.55. The van der Waals surface area contributed by atoms with Gasteiger partial charge in [-0.15, -0.1) is 0 Å². The fourth-order valence-corrected chi connectivity index (χ4v) is 0.414. The molecule has 0 aromatic rings. The summed E-state index contributed by atoms with van der Waals surface area (Å²) in [5.74, 6) is -1.37. The summed E-state index contributed by atoms with van der Waals surface area (Å²) < 4.78 is 0. The number of hydrogen-bond donors (Lipinski definition) is 1. The van der Waals surface area contributed by atoms with Gasteiger partial charge in [0.25, 0.3) is 0 Å². The molecule has 52 valence electrons. The highest BCUT2D eigenvalue weighted by molar-refractivity contribution is 5.71. The molecule has 0 heterocycles. The number of nitrogens with zero attached hydrogens (tertiary/aromatic N) is 1. The molecule has 0 saturated carbocycles. The molecule has 0 saturated heterocycles. The van der Waals surface area contributed by atoms with Crippen LogP contribution >= 0.6 is 0 Å². The number of carboxylic acid groups (broad SMARTS) is 1. The van der Waals surface area contributed by atoms with Gasteiger partial charge in [-0.3, -0.25) is 10.1 Å². The molecule has 0 aliphatic heterocycles. The fourth-order valence-electron chi connectivity index (χ4n) is 0.414. The average molecular weight is 133 g/mol. The van der Waals surface area contributed by atoms with E-state index in [2.05, 4.69) is 0 Å². The van der Waals surface area contributed by atoms with Crippen LogP contribution < -0.4 is 0 Å². The maximum atomic E-state index is 9.93. The summed E-state index contributed by atoms with van der Waals surface area (Å²) in [4.78, 5) is 18.9. The largest absolute Gasteiger partial charge is 0.476 e. The molecule has 0 aliphatic rings. The number of aliphatic carboxylic acids is 1. The first kappa shape index (κ1) is 7.87. The van der Waals surface area contributed by atoms with Gasteiger partial charge >= 0.3 is 12.0 Å². The van der Waals surface area contributed by atoms with Crippen molar-refractivity contribution in [2.75, 3.05) is 0 Å². The van der Waals surface area contributed by atoms with E-state index < -0.39 is 16.9 Å². The standard InChI is InChI=1S/C4H7NO4/c1-2-3(4(6)7)5(8)9/h3H,2H2,1H3,(H,6,7)/t3-/m1/s1. The smallest absolute Gasteiger partial charge is 0.379 e. The molecule has 0 spiro atoms. The third-order valence-electron chi connectivity index (χ3n) is 0.926. The van der Waals surface area contributed by atoms with Crippen molar-refractivity contribution in [1.29, 1.82) is 0 Å². The molecule has 1 atom stereocenters. The van der Waals surface area contributed by atoms with Gasteiger partial charge in [0.1, 0.15) is 0 Å². The third-order valence-corrected chi connectivity index (χ3v) is 0.926. The van der Waals surface area contributed by atoms with Crippen LogP contribution in [0.3, 0.4) is 0 Å². The Hall–Kier alpha value is -1.13. The predicted molar refractivity (Wildman–Crippen MR) is 28.7 cm³/mol. The van der Waals surface area contributed by atoms with Crippen LogP contribution in [0.2, 0.25) is 0 Å². The van der Waals surface area contributed by atoms with Crippen LogP contribution in [0.4, 0.5) is 0 Å². The first-order valence-electron chi connectivity index (χ1n) is 2.46. The number of hydrogen-bond acceptors (Lipinski definition) is 3. The first-order chi connectivity index (χ1) is 4.09. The van der Waals surface area contributed by atoms with Crippen molar-refractivity contribution in [3.8, 4) is 0 Å². The third kappa shape index (κ3) is 2.07. The molecular weight excluding hydrogens is 126 g/mol. The van der Waals surface area contributed by atoms with Crippen LogP contribution in [0.25, 0.3) is 0 Å². The summed E-state index contributed by atoms with van der Waals surface area (Å²) in [6.45, 7) is 1.46. The maximum Gasteiger partial charge on any atom is 0.379 e. The Balaban J connectivity index is 3.99. The Kier molecular flexibility index (Phi) is 2.63. The Labute approximate surface area is 51.4 Å². The molecule has 0 bridgehead atoms. The lowest BCUT2D eigenvalue weighted by atomic mass is 10.2. The molecule has 0 amide bonds. The van der Waals surface area contributed by atoms with Crippen molar-refractivity contribution in [2.24, 2.45) is 0 Å². The van der Waals surface area contributed by atoms with E-state index in [0.717, 1.165) is 0 Å². The highest BCUT2D eigenvalue weighted by Crippen LogP contribution is 1.94. The van der Waals surface area contributed by atoms with Gasteiger partial charge in [-0.25, -0.2) is 4.79 Å². The highest BCUT2D eigenvalue weighted by Gasteiger charge is 2.25. The first-order valence-corrected chi connectivity index (χ1v) is 2.46. The summed E-state index contributed by atoms with van der Waals surface area (Å²) in [5.41, 5.74) is 0. The zero-order valence-electron chi connectivity index (χ0n) is 4.90. The Morgan fingerprint density at radius 3 is 2.33 bits per heavy atom. The highest BCUT2D eigenvalue weighted by atomic mass is 16.6. The Bertz CT molecular complexity index is 119. The predicted octanol–water partition coefficient (Wildman–Crippen LogP) is 0.126. The fraction of sp³-hybridized carbons (Fsp3) is 0.750. The van der Waals surface area contributed by atoms with E-state index in [-0.39, 0.29) is 6.42 Å². The minimum absolute atomic E-state index is 0.0301. The van der Waals surface area contributed by atoms with Crippen molar-refractivity contribution in [1.82, 2.24) is 0 Å². The number of rotatable bonds is 3. The van der Waals surface area contributed by atoms with E-state index in [1.807, 2.05) is 0 Å². The van der Waals surface area contributed by atoms with Gasteiger partial charge in [0.15, 0.2) is 0 Å². The summed E-state index contributed by atoms with van der Waals surface area (Å²) in [5, 5.41) is 17.9. The van der Waals surface area contributed by atoms with E-state index in [0.29, 0.717) is 0 Å². The quantitative estimate of drug-likeness (QED) is 0.438. The monoisotopic (exact) mass is 133 g/mol. The van der Waals surface area contributed by atoms with Crippen LogP contribution in [-0.4, -0.2) is 22.0 Å². The van der Waals surface area contributed by atoms with Gasteiger partial charge < -0.3 is 5.11 Å². The molecule has 0 fully saturated rings. The van der Waals surface area contributed by atoms with E-state index in [9.17, 15) is 14.9 Å². The Morgan fingerprint density at radius 2 is 2.33 bits per heavy atom. The molecule has 0 rings (SSSR count). The van der Waals surface area contributed by atoms with Gasteiger partial charge in [0.05, 0.1) is 0 Å². The number of nitro groups is 1. The maximum absolute atomic E-state index is 9.93. The minimum Gasteiger partial charge on any atom is -0.476 e. The molecule has 0 unspecified atom stereocenters. The molecule has 1 N–H and O–H groups in total. The second kappa shape index (κ2) is 3.01. The lowest BCUT2D eigenvalue weighted by Gasteiger charge is -1.97. The molecule has 0 aromatic carbocycles. The van der Waals surface area contributed by atoms with Crippen molar-refractivity contribution in [3.63, 3.8) is 0 Å². The van der Waals surface area contributed by atoms with Gasteiger partial charge in [-0.05, 0) is 0 Å². The Morgan fingerprint density at radius 1 is 1.89 bits per heavy atom. The van der Waals surface area contributed by atoms with Crippen LogP contribution in [-0.2, 0) is 4.79 Å². The van der Waals surface area contributed by atoms with Crippen molar-refractivity contribution >= 4 is 5.97 Å². The molecular formula is C4H7NO4. The summed E-state index contributed by atoms with van der Waals surface area (Å²) in [6, 6.07) is -1.44. The van der Waals surface area contributed by atoms with Crippen LogP contribution in [0, 0.1) is 10.1 Å². The topological polar surface area (TPSA) is 80.4 Å². The lowest BCUT2D eigenvalue weighted by Crippen LogP contribution is -2.27. The zero-order valence-corrected chi connectivity index (χ0v) is 4.90. The van der Waals surface area contributed by atoms with Crippen LogP contribution in [0.15, 0.2) is 0 Å². The number of carbonyl (C=O) groups is 1. The lowest BCUT2D eigenvalue weighted by molar-refractivity contribution is -0.510. The molecule has 0 radical (unpaired) electrons. The summed E-state index contributed by atoms with van der Waals surface area (Å²) in [7, 11) is 0. The van der Waals surface area contributed by atoms with E-state index >= 15 is 0 Å². The average Bonchev–Trinajstić information content (AvgIpc) is 1.64. The molecule has 0 aromatic heterocycles. The van der Waals surface area contributed by atoms with Crippen molar-refractivity contribution in [2.45, 2.75) is 19.4 Å². The summed E-state index contributed by atoms with van der Waals surface area (Å²) in [6.07, 6.45) is 0.0301.